The molecule has 0 spiro atoms. The number of aromatic nitrogens is 1. The van der Waals surface area contributed by atoms with Gasteiger partial charge in [0.15, 0.2) is 0 Å². The van der Waals surface area contributed by atoms with Gasteiger partial charge in [-0.1, -0.05) is 17.3 Å². The first-order valence-corrected chi connectivity index (χ1v) is 9.42. The topological polar surface area (TPSA) is 84.6 Å². The van der Waals surface area contributed by atoms with E-state index < -0.39 is 5.60 Å². The third kappa shape index (κ3) is 5.65. The van der Waals surface area contributed by atoms with Crippen LogP contribution in [0.4, 0.5) is 0 Å². The van der Waals surface area contributed by atoms with E-state index in [4.69, 9.17) is 9.26 Å². The van der Waals surface area contributed by atoms with Crippen LogP contribution < -0.4 is 5.32 Å². The predicted molar refractivity (Wildman–Crippen MR) is 102 cm³/mol. The molecule has 1 aromatic carbocycles. The second kappa shape index (κ2) is 8.23. The smallest absolute Gasteiger partial charge is 0.251 e. The zero-order valence-corrected chi connectivity index (χ0v) is 16.2. The summed E-state index contributed by atoms with van der Waals surface area (Å²) in [5, 5.41) is 16.9. The van der Waals surface area contributed by atoms with E-state index in [-0.39, 0.29) is 17.9 Å². The summed E-state index contributed by atoms with van der Waals surface area (Å²) in [6, 6.07) is 9.44. The molecule has 2 heterocycles. The van der Waals surface area contributed by atoms with E-state index in [0.29, 0.717) is 31.6 Å². The van der Waals surface area contributed by atoms with Gasteiger partial charge >= 0.3 is 0 Å². The van der Waals surface area contributed by atoms with Crippen molar-refractivity contribution < 1.29 is 19.2 Å². The van der Waals surface area contributed by atoms with Crippen LogP contribution >= 0.6 is 0 Å². The van der Waals surface area contributed by atoms with Crippen LogP contribution in [0.2, 0.25) is 0 Å². The number of ether oxygens (including phenoxy) is 1. The third-order valence-corrected chi connectivity index (χ3v) is 4.87. The lowest BCUT2D eigenvalue weighted by atomic mass is 9.96. The average molecular weight is 372 g/mol. The maximum atomic E-state index is 12.7. The Hall–Kier alpha value is -2.18. The summed E-state index contributed by atoms with van der Waals surface area (Å²) in [4.78, 5) is 12.7. The first-order valence-electron chi connectivity index (χ1n) is 9.42. The van der Waals surface area contributed by atoms with Crippen molar-refractivity contribution in [2.75, 3.05) is 13.2 Å². The molecule has 0 aliphatic carbocycles. The molecule has 0 bridgehead atoms. The lowest BCUT2D eigenvalue weighted by Crippen LogP contribution is -2.40. The van der Waals surface area contributed by atoms with Crippen LogP contribution in [-0.4, -0.2) is 41.0 Å². The fraction of sp³-hybridized carbons (Fsp3) is 0.524. The maximum Gasteiger partial charge on any atom is 0.251 e. The van der Waals surface area contributed by atoms with Gasteiger partial charge in [-0.2, -0.15) is 0 Å². The van der Waals surface area contributed by atoms with Crippen LogP contribution in [0.25, 0.3) is 0 Å². The molecule has 1 aromatic heterocycles. The molecule has 2 N–H and O–H groups in total. The predicted octanol–water partition coefficient (Wildman–Crippen LogP) is 2.67. The quantitative estimate of drug-likeness (QED) is 0.781. The first-order chi connectivity index (χ1) is 12.8. The van der Waals surface area contributed by atoms with Crippen molar-refractivity contribution in [1.82, 2.24) is 10.5 Å². The second-order valence-corrected chi connectivity index (χ2v) is 8.03. The molecule has 1 aliphatic heterocycles. The number of aliphatic hydroxyl groups is 1. The van der Waals surface area contributed by atoms with E-state index in [0.717, 1.165) is 23.4 Å². The highest BCUT2D eigenvalue weighted by Gasteiger charge is 2.31. The van der Waals surface area contributed by atoms with E-state index >= 15 is 0 Å². The Balaban J connectivity index is 1.60. The van der Waals surface area contributed by atoms with Gasteiger partial charge in [0.05, 0.1) is 30.6 Å². The van der Waals surface area contributed by atoms with Crippen molar-refractivity contribution in [1.29, 1.82) is 0 Å². The van der Waals surface area contributed by atoms with E-state index in [2.05, 4.69) is 10.5 Å². The van der Waals surface area contributed by atoms with Crippen molar-refractivity contribution in [3.05, 3.63) is 52.9 Å². The van der Waals surface area contributed by atoms with E-state index in [9.17, 15) is 9.90 Å². The maximum absolute atomic E-state index is 12.7. The molecule has 27 heavy (non-hydrogen) atoms. The number of nitrogens with zero attached hydrogens (tertiary/aromatic N) is 1. The van der Waals surface area contributed by atoms with E-state index in [1.54, 1.807) is 13.8 Å². The zero-order valence-electron chi connectivity index (χ0n) is 16.2. The number of hydrogen-bond acceptors (Lipinski definition) is 5. The number of aryl methyl sites for hydroxylation is 2. The number of rotatable bonds is 7. The van der Waals surface area contributed by atoms with Gasteiger partial charge in [-0.15, -0.1) is 0 Å². The molecule has 1 aliphatic rings. The van der Waals surface area contributed by atoms with Crippen molar-refractivity contribution in [3.63, 3.8) is 0 Å². The number of carbonyl (C=O) groups is 1. The van der Waals surface area contributed by atoms with Gasteiger partial charge in [0.2, 0.25) is 0 Å². The minimum absolute atomic E-state index is 0.0528. The average Bonchev–Trinajstić information content (AvgIpc) is 3.22. The summed E-state index contributed by atoms with van der Waals surface area (Å²) < 4.78 is 10.9. The van der Waals surface area contributed by atoms with Gasteiger partial charge in [-0.05, 0) is 51.3 Å². The zero-order chi connectivity index (χ0) is 19.4. The summed E-state index contributed by atoms with van der Waals surface area (Å²) in [5.41, 5.74) is 1.81. The van der Waals surface area contributed by atoms with Crippen molar-refractivity contribution in [2.24, 2.45) is 5.92 Å². The summed E-state index contributed by atoms with van der Waals surface area (Å²) in [7, 11) is 0. The van der Waals surface area contributed by atoms with Gasteiger partial charge in [0, 0.05) is 24.0 Å². The molecule has 3 rings (SSSR count). The minimum Gasteiger partial charge on any atom is -0.390 e. The Labute approximate surface area is 159 Å². The van der Waals surface area contributed by atoms with Gasteiger partial charge < -0.3 is 19.7 Å². The highest BCUT2D eigenvalue weighted by molar-refractivity contribution is 5.94. The Bertz CT molecular complexity index is 778. The largest absolute Gasteiger partial charge is 0.390 e. The SMILES string of the molecule is Cc1cc(C[C@@H]2COC[C@@H]2NC(=O)c2cccc(CCC(C)(C)O)c2)on1. The van der Waals surface area contributed by atoms with Crippen LogP contribution in [0.5, 0.6) is 0 Å². The summed E-state index contributed by atoms with van der Waals surface area (Å²) in [6.45, 7) is 6.57. The molecule has 2 atom stereocenters. The normalized spacial score (nSPS) is 20.0. The Kier molecular flexibility index (Phi) is 5.97. The van der Waals surface area contributed by atoms with Crippen LogP contribution in [0, 0.1) is 12.8 Å². The molecule has 1 amide bonds. The van der Waals surface area contributed by atoms with Gasteiger partial charge in [-0.3, -0.25) is 4.79 Å². The van der Waals surface area contributed by atoms with Crippen LogP contribution in [-0.2, 0) is 17.6 Å². The third-order valence-electron chi connectivity index (χ3n) is 4.87. The molecule has 6 nitrogen and oxygen atoms in total. The molecule has 2 aromatic rings. The van der Waals surface area contributed by atoms with Gasteiger partial charge in [0.25, 0.3) is 5.91 Å². The second-order valence-electron chi connectivity index (χ2n) is 8.03. The van der Waals surface area contributed by atoms with E-state index in [1.165, 1.54) is 0 Å². The lowest BCUT2D eigenvalue weighted by molar-refractivity contribution is 0.0714. The number of carbonyl (C=O) groups excluding carboxylic acids is 1. The molecular weight excluding hydrogens is 344 g/mol. The first kappa shape index (κ1) is 19.6. The molecule has 0 radical (unpaired) electrons. The Morgan fingerprint density at radius 2 is 2.15 bits per heavy atom. The molecular formula is C21H28N2O4. The van der Waals surface area contributed by atoms with E-state index in [1.807, 2.05) is 37.3 Å². The van der Waals surface area contributed by atoms with Gasteiger partial charge in [0.1, 0.15) is 5.76 Å². The summed E-state index contributed by atoms with van der Waals surface area (Å²) >= 11 is 0. The number of nitrogens with one attached hydrogen (secondary N) is 1. The van der Waals surface area contributed by atoms with Gasteiger partial charge in [-0.25, -0.2) is 0 Å². The van der Waals surface area contributed by atoms with Crippen molar-refractivity contribution in [2.45, 2.75) is 51.7 Å². The van der Waals surface area contributed by atoms with Crippen LogP contribution in [0.1, 0.15) is 47.6 Å². The minimum atomic E-state index is -0.717. The highest BCUT2D eigenvalue weighted by Crippen LogP contribution is 2.21. The fourth-order valence-electron chi connectivity index (χ4n) is 3.30. The molecule has 146 valence electrons. The highest BCUT2D eigenvalue weighted by atomic mass is 16.5. The van der Waals surface area contributed by atoms with Crippen LogP contribution in [0.15, 0.2) is 34.9 Å². The molecule has 1 saturated heterocycles. The molecule has 1 fully saturated rings. The number of amides is 1. The molecule has 6 heteroatoms. The van der Waals surface area contributed by atoms with Crippen molar-refractivity contribution >= 4 is 5.91 Å². The number of hydrogen-bond donors (Lipinski definition) is 2. The monoisotopic (exact) mass is 372 g/mol. The van der Waals surface area contributed by atoms with Crippen LogP contribution in [0.3, 0.4) is 0 Å². The molecule has 0 saturated carbocycles. The molecule has 0 unspecified atom stereocenters. The fourth-order valence-corrected chi connectivity index (χ4v) is 3.30. The summed E-state index contributed by atoms with van der Waals surface area (Å²) in [5.74, 6) is 0.880. The summed E-state index contributed by atoms with van der Waals surface area (Å²) in [6.07, 6.45) is 2.06. The Morgan fingerprint density at radius 3 is 2.85 bits per heavy atom. The standard InChI is InChI=1S/C21H28N2O4/c1-14-9-18(27-23-14)11-17-12-26-13-19(17)22-20(24)16-6-4-5-15(10-16)7-8-21(2,3)25/h4-6,9-10,17,19,25H,7-8,11-13H2,1-3H3,(H,22,24)/t17-,19+/m1/s1. The lowest BCUT2D eigenvalue weighted by Gasteiger charge is -2.19. The van der Waals surface area contributed by atoms with Crippen molar-refractivity contribution in [3.8, 4) is 0 Å². The number of benzene rings is 1. The Morgan fingerprint density at radius 1 is 1.33 bits per heavy atom.